The van der Waals surface area contributed by atoms with Crippen molar-refractivity contribution in [1.29, 1.82) is 0 Å². The maximum absolute atomic E-state index is 12.1. The zero-order chi connectivity index (χ0) is 16.9. The standard InChI is InChI=1S/C16H21N5O3/c1-23-13-4-3-10(7-14(13)24-2)8-18-16(22)19-15-11-5-6-17-9-12(11)20-21-15/h3-4,7,17H,5-6,8-9H2,1-2H3,(H3,18,19,20,21,22). The van der Waals surface area contributed by atoms with Gasteiger partial charge in [-0.05, 0) is 30.7 Å². The molecule has 0 unspecified atom stereocenters. The third-order valence-corrected chi connectivity index (χ3v) is 3.94. The Morgan fingerprint density at radius 1 is 1.29 bits per heavy atom. The maximum Gasteiger partial charge on any atom is 0.320 e. The number of aromatic nitrogens is 2. The Kier molecular flexibility index (Phi) is 4.85. The Morgan fingerprint density at radius 2 is 2.12 bits per heavy atom. The van der Waals surface area contributed by atoms with E-state index < -0.39 is 0 Å². The number of benzene rings is 1. The minimum Gasteiger partial charge on any atom is -0.493 e. The summed E-state index contributed by atoms with van der Waals surface area (Å²) in [5, 5.41) is 16.0. The summed E-state index contributed by atoms with van der Waals surface area (Å²) < 4.78 is 10.5. The van der Waals surface area contributed by atoms with Gasteiger partial charge in [0.05, 0.1) is 19.9 Å². The summed E-state index contributed by atoms with van der Waals surface area (Å²) in [7, 11) is 3.17. The Bertz CT molecular complexity index is 728. The quantitative estimate of drug-likeness (QED) is 0.663. The first-order chi connectivity index (χ1) is 11.7. The summed E-state index contributed by atoms with van der Waals surface area (Å²) in [5.41, 5.74) is 3.00. The number of rotatable bonds is 5. The van der Waals surface area contributed by atoms with Crippen LogP contribution in [0.4, 0.5) is 10.6 Å². The van der Waals surface area contributed by atoms with E-state index in [0.717, 1.165) is 36.3 Å². The van der Waals surface area contributed by atoms with Gasteiger partial charge in [0, 0.05) is 18.7 Å². The number of anilines is 1. The topological polar surface area (TPSA) is 100 Å². The van der Waals surface area contributed by atoms with Gasteiger partial charge in [-0.3, -0.25) is 10.4 Å². The summed E-state index contributed by atoms with van der Waals surface area (Å²) in [6.07, 6.45) is 0.844. The van der Waals surface area contributed by atoms with E-state index >= 15 is 0 Å². The lowest BCUT2D eigenvalue weighted by Crippen LogP contribution is -2.29. The van der Waals surface area contributed by atoms with Crippen molar-refractivity contribution >= 4 is 11.8 Å². The second kappa shape index (κ2) is 7.22. The first kappa shape index (κ1) is 16.1. The number of H-pyrrole nitrogens is 1. The minimum absolute atomic E-state index is 0.294. The van der Waals surface area contributed by atoms with Gasteiger partial charge in [0.15, 0.2) is 17.3 Å². The number of carbonyl (C=O) groups is 1. The highest BCUT2D eigenvalue weighted by Gasteiger charge is 2.17. The van der Waals surface area contributed by atoms with Crippen molar-refractivity contribution in [2.45, 2.75) is 19.5 Å². The fraction of sp³-hybridized carbons (Fsp3) is 0.375. The van der Waals surface area contributed by atoms with Gasteiger partial charge in [0.1, 0.15) is 0 Å². The van der Waals surface area contributed by atoms with Crippen LogP contribution in [0, 0.1) is 0 Å². The summed E-state index contributed by atoms with van der Waals surface area (Å²) in [4.78, 5) is 12.1. The Labute approximate surface area is 139 Å². The average Bonchev–Trinajstić information content (AvgIpc) is 3.02. The van der Waals surface area contributed by atoms with Gasteiger partial charge in [-0.25, -0.2) is 4.79 Å². The molecular weight excluding hydrogens is 310 g/mol. The van der Waals surface area contributed by atoms with Crippen LogP contribution in [0.3, 0.4) is 0 Å². The number of ether oxygens (including phenoxy) is 2. The van der Waals surface area contributed by atoms with Crippen molar-refractivity contribution in [2.75, 3.05) is 26.1 Å². The number of fused-ring (bicyclic) bond motifs is 1. The summed E-state index contributed by atoms with van der Waals surface area (Å²) in [6, 6.07) is 5.23. The van der Waals surface area contributed by atoms with Gasteiger partial charge in [0.25, 0.3) is 0 Å². The Hall–Kier alpha value is -2.74. The minimum atomic E-state index is -0.294. The molecule has 8 nitrogen and oxygen atoms in total. The van der Waals surface area contributed by atoms with E-state index in [2.05, 4.69) is 26.1 Å². The third kappa shape index (κ3) is 3.43. The zero-order valence-electron chi connectivity index (χ0n) is 13.7. The van der Waals surface area contributed by atoms with Crippen molar-refractivity contribution < 1.29 is 14.3 Å². The molecule has 3 rings (SSSR count). The maximum atomic E-state index is 12.1. The average molecular weight is 331 g/mol. The van der Waals surface area contributed by atoms with Crippen LogP contribution in [-0.2, 0) is 19.5 Å². The molecule has 0 saturated carbocycles. The largest absolute Gasteiger partial charge is 0.493 e. The predicted octanol–water partition coefficient (Wildman–Crippen LogP) is 1.39. The second-order valence-electron chi connectivity index (χ2n) is 5.45. The highest BCUT2D eigenvalue weighted by Crippen LogP contribution is 2.27. The van der Waals surface area contributed by atoms with Gasteiger partial charge in [0.2, 0.25) is 0 Å². The number of methoxy groups -OCH3 is 2. The molecule has 0 aliphatic carbocycles. The van der Waals surface area contributed by atoms with Crippen molar-refractivity contribution in [3.05, 3.63) is 35.0 Å². The van der Waals surface area contributed by atoms with Gasteiger partial charge < -0.3 is 20.1 Å². The van der Waals surface area contributed by atoms with Crippen LogP contribution < -0.4 is 25.4 Å². The first-order valence-corrected chi connectivity index (χ1v) is 7.74. The molecule has 4 N–H and O–H groups in total. The number of nitrogens with zero attached hydrogens (tertiary/aromatic N) is 1. The number of aromatic amines is 1. The normalized spacial score (nSPS) is 13.1. The third-order valence-electron chi connectivity index (χ3n) is 3.94. The number of urea groups is 1. The highest BCUT2D eigenvalue weighted by atomic mass is 16.5. The van der Waals surface area contributed by atoms with Crippen LogP contribution in [0.1, 0.15) is 16.8 Å². The number of hydrogen-bond donors (Lipinski definition) is 4. The van der Waals surface area contributed by atoms with Gasteiger partial charge in [-0.2, -0.15) is 5.10 Å². The number of amides is 2. The van der Waals surface area contributed by atoms with Gasteiger partial charge >= 0.3 is 6.03 Å². The summed E-state index contributed by atoms with van der Waals surface area (Å²) in [5.74, 6) is 1.88. The molecule has 0 fully saturated rings. The van der Waals surface area contributed by atoms with Gasteiger partial charge in [-0.1, -0.05) is 6.07 Å². The molecular formula is C16H21N5O3. The first-order valence-electron chi connectivity index (χ1n) is 7.74. The molecule has 24 heavy (non-hydrogen) atoms. The molecule has 0 spiro atoms. The molecule has 0 saturated heterocycles. The Morgan fingerprint density at radius 3 is 2.92 bits per heavy atom. The van der Waals surface area contributed by atoms with Crippen LogP contribution >= 0.6 is 0 Å². The fourth-order valence-corrected chi connectivity index (χ4v) is 2.67. The molecule has 8 heteroatoms. The van der Waals surface area contributed by atoms with Crippen LogP contribution in [0.2, 0.25) is 0 Å². The van der Waals surface area contributed by atoms with E-state index in [9.17, 15) is 4.79 Å². The number of carbonyl (C=O) groups excluding carboxylic acids is 1. The van der Waals surface area contributed by atoms with Crippen LogP contribution in [-0.4, -0.2) is 37.0 Å². The number of hydrogen-bond acceptors (Lipinski definition) is 5. The smallest absolute Gasteiger partial charge is 0.320 e. The van der Waals surface area contributed by atoms with E-state index in [1.54, 1.807) is 14.2 Å². The molecule has 1 aliphatic rings. The molecule has 1 aromatic heterocycles. The van der Waals surface area contributed by atoms with Gasteiger partial charge in [-0.15, -0.1) is 0 Å². The SMILES string of the molecule is COc1ccc(CNC(=O)Nc2n[nH]c3c2CCNC3)cc1OC. The summed E-state index contributed by atoms with van der Waals surface area (Å²) in [6.45, 7) is 2.01. The molecule has 0 atom stereocenters. The predicted molar refractivity (Wildman–Crippen MR) is 89.4 cm³/mol. The van der Waals surface area contributed by atoms with Crippen molar-refractivity contribution in [2.24, 2.45) is 0 Å². The lowest BCUT2D eigenvalue weighted by atomic mass is 10.1. The monoisotopic (exact) mass is 331 g/mol. The highest BCUT2D eigenvalue weighted by molar-refractivity contribution is 5.89. The molecule has 0 radical (unpaired) electrons. The summed E-state index contributed by atoms with van der Waals surface area (Å²) >= 11 is 0. The fourth-order valence-electron chi connectivity index (χ4n) is 2.67. The van der Waals surface area contributed by atoms with E-state index in [-0.39, 0.29) is 6.03 Å². The van der Waals surface area contributed by atoms with E-state index in [1.165, 1.54) is 0 Å². The van der Waals surface area contributed by atoms with E-state index in [1.807, 2.05) is 18.2 Å². The van der Waals surface area contributed by atoms with E-state index in [0.29, 0.717) is 23.9 Å². The lowest BCUT2D eigenvalue weighted by Gasteiger charge is -2.13. The van der Waals surface area contributed by atoms with Crippen molar-refractivity contribution in [3.63, 3.8) is 0 Å². The zero-order valence-corrected chi connectivity index (χ0v) is 13.7. The molecule has 2 aromatic rings. The molecule has 2 heterocycles. The molecule has 1 aromatic carbocycles. The molecule has 2 amide bonds. The van der Waals surface area contributed by atoms with Crippen LogP contribution in [0.15, 0.2) is 18.2 Å². The van der Waals surface area contributed by atoms with Crippen molar-refractivity contribution in [3.8, 4) is 11.5 Å². The molecule has 0 bridgehead atoms. The van der Waals surface area contributed by atoms with Crippen LogP contribution in [0.25, 0.3) is 0 Å². The Balaban J connectivity index is 1.59. The lowest BCUT2D eigenvalue weighted by molar-refractivity contribution is 0.251. The van der Waals surface area contributed by atoms with Crippen LogP contribution in [0.5, 0.6) is 11.5 Å². The van der Waals surface area contributed by atoms with E-state index in [4.69, 9.17) is 9.47 Å². The van der Waals surface area contributed by atoms with Crippen molar-refractivity contribution in [1.82, 2.24) is 20.8 Å². The second-order valence-corrected chi connectivity index (χ2v) is 5.45. The number of nitrogens with one attached hydrogen (secondary N) is 4. The molecule has 1 aliphatic heterocycles. The molecule has 128 valence electrons.